The summed E-state index contributed by atoms with van der Waals surface area (Å²) in [5.74, 6) is 1.22. The van der Waals surface area contributed by atoms with E-state index in [2.05, 4.69) is 17.1 Å². The molecule has 0 bridgehead atoms. The Labute approximate surface area is 117 Å². The first kappa shape index (κ1) is 13.6. The molecule has 4 heteroatoms. The number of nitrogens with zero attached hydrogens (tertiary/aromatic N) is 2. The Bertz CT molecular complexity index is 636. The molecule has 2 aromatic rings. The van der Waals surface area contributed by atoms with Crippen molar-refractivity contribution in [3.63, 3.8) is 0 Å². The maximum atomic E-state index is 10.7. The highest BCUT2D eigenvalue weighted by Gasteiger charge is 1.97. The summed E-state index contributed by atoms with van der Waals surface area (Å²) in [7, 11) is 0. The van der Waals surface area contributed by atoms with E-state index in [-0.39, 0.29) is 6.61 Å². The Morgan fingerprint density at radius 2 is 2.20 bits per heavy atom. The van der Waals surface area contributed by atoms with Crippen LogP contribution in [0.15, 0.2) is 48.9 Å². The molecule has 1 aromatic carbocycles. The molecule has 0 saturated heterocycles. The molecule has 1 aromatic heterocycles. The number of esters is 1. The van der Waals surface area contributed by atoms with Crippen molar-refractivity contribution in [1.82, 2.24) is 9.55 Å². The van der Waals surface area contributed by atoms with Crippen LogP contribution in [0.1, 0.15) is 11.3 Å². The summed E-state index contributed by atoms with van der Waals surface area (Å²) in [6.07, 6.45) is 12.0. The van der Waals surface area contributed by atoms with E-state index < -0.39 is 5.97 Å². The van der Waals surface area contributed by atoms with E-state index >= 15 is 0 Å². The van der Waals surface area contributed by atoms with Gasteiger partial charge in [0.1, 0.15) is 6.61 Å². The van der Waals surface area contributed by atoms with Gasteiger partial charge in [0.15, 0.2) is 0 Å². The Hall–Kier alpha value is -2.80. The van der Waals surface area contributed by atoms with Crippen LogP contribution >= 0.6 is 0 Å². The summed E-state index contributed by atoms with van der Waals surface area (Å²) in [6, 6.07) is 10.1. The topological polar surface area (TPSA) is 44.1 Å². The van der Waals surface area contributed by atoms with Crippen LogP contribution in [0, 0.1) is 12.3 Å². The standard InChI is InChI=1S/C16H14N2O2/c1-2-16(19)20-10-6-9-15-12-18(13-17-15)11-14-7-4-3-5-8-14/h1,3-9,12-13H,10-11H2/b9-6+. The SMILES string of the molecule is C#CC(=O)OC/C=C/c1cn(Cc2ccccc2)cn1. The molecule has 1 heterocycles. The number of ether oxygens (including phenoxy) is 1. The van der Waals surface area contributed by atoms with Gasteiger partial charge in [0, 0.05) is 18.7 Å². The van der Waals surface area contributed by atoms with Crippen molar-refractivity contribution in [3.8, 4) is 12.3 Å². The average molecular weight is 266 g/mol. The Balaban J connectivity index is 1.88. The third-order valence-electron chi connectivity index (χ3n) is 2.58. The molecule has 0 radical (unpaired) electrons. The van der Waals surface area contributed by atoms with E-state index in [1.165, 1.54) is 5.56 Å². The second-order valence-electron chi connectivity index (χ2n) is 4.10. The van der Waals surface area contributed by atoms with Gasteiger partial charge in [-0.05, 0) is 17.7 Å². The van der Waals surface area contributed by atoms with Crippen molar-refractivity contribution in [1.29, 1.82) is 0 Å². The Morgan fingerprint density at radius 1 is 1.40 bits per heavy atom. The Kier molecular flexibility index (Phi) is 4.74. The smallest absolute Gasteiger partial charge is 0.384 e. The van der Waals surface area contributed by atoms with E-state index in [4.69, 9.17) is 11.2 Å². The molecule has 0 atom stereocenters. The van der Waals surface area contributed by atoms with Crippen LogP contribution in [-0.4, -0.2) is 22.1 Å². The quantitative estimate of drug-likeness (QED) is 0.473. The fourth-order valence-corrected chi connectivity index (χ4v) is 1.68. The molecular formula is C16H14N2O2. The minimum Gasteiger partial charge on any atom is -0.452 e. The van der Waals surface area contributed by atoms with Crippen LogP contribution in [0.2, 0.25) is 0 Å². The number of carbonyl (C=O) groups excluding carboxylic acids is 1. The fourth-order valence-electron chi connectivity index (χ4n) is 1.68. The summed E-state index contributed by atoms with van der Waals surface area (Å²) in [5.41, 5.74) is 2.01. The molecule has 0 aliphatic heterocycles. The molecule has 0 aliphatic rings. The zero-order chi connectivity index (χ0) is 14.2. The van der Waals surface area contributed by atoms with E-state index in [9.17, 15) is 4.79 Å². The molecule has 4 nitrogen and oxygen atoms in total. The lowest BCUT2D eigenvalue weighted by atomic mass is 10.2. The normalized spacial score (nSPS) is 10.3. The number of aromatic nitrogens is 2. The van der Waals surface area contributed by atoms with Crippen LogP contribution < -0.4 is 0 Å². The van der Waals surface area contributed by atoms with Crippen molar-refractivity contribution >= 4 is 12.0 Å². The predicted molar refractivity (Wildman–Crippen MR) is 76.6 cm³/mol. The van der Waals surface area contributed by atoms with Gasteiger partial charge in [0.05, 0.1) is 12.0 Å². The fraction of sp³-hybridized carbons (Fsp3) is 0.125. The molecule has 0 aliphatic carbocycles. The van der Waals surface area contributed by atoms with Gasteiger partial charge in [-0.25, -0.2) is 9.78 Å². The molecule has 0 amide bonds. The lowest BCUT2D eigenvalue weighted by Gasteiger charge is -2.00. The van der Waals surface area contributed by atoms with Crippen molar-refractivity contribution < 1.29 is 9.53 Å². The third-order valence-corrected chi connectivity index (χ3v) is 2.58. The molecule has 0 unspecified atom stereocenters. The zero-order valence-electron chi connectivity index (χ0n) is 10.9. The summed E-state index contributed by atoms with van der Waals surface area (Å²) in [5, 5.41) is 0. The van der Waals surface area contributed by atoms with Crippen LogP contribution in [0.3, 0.4) is 0 Å². The molecule has 0 N–H and O–H groups in total. The summed E-state index contributed by atoms with van der Waals surface area (Å²) < 4.78 is 6.71. The van der Waals surface area contributed by atoms with Crippen molar-refractivity contribution in [2.24, 2.45) is 0 Å². The lowest BCUT2D eigenvalue weighted by molar-refractivity contribution is -0.135. The van der Waals surface area contributed by atoms with Gasteiger partial charge in [-0.15, -0.1) is 6.42 Å². The van der Waals surface area contributed by atoms with Gasteiger partial charge < -0.3 is 9.30 Å². The summed E-state index contributed by atoms with van der Waals surface area (Å²) >= 11 is 0. The third kappa shape index (κ3) is 4.14. The summed E-state index contributed by atoms with van der Waals surface area (Å²) in [4.78, 5) is 15.0. The van der Waals surface area contributed by atoms with Crippen molar-refractivity contribution in [2.75, 3.05) is 6.61 Å². The minimum absolute atomic E-state index is 0.147. The summed E-state index contributed by atoms with van der Waals surface area (Å²) in [6.45, 7) is 0.919. The molecule has 0 fully saturated rings. The lowest BCUT2D eigenvalue weighted by Crippen LogP contribution is -1.99. The van der Waals surface area contributed by atoms with Crippen molar-refractivity contribution in [2.45, 2.75) is 6.54 Å². The van der Waals surface area contributed by atoms with Gasteiger partial charge in [-0.1, -0.05) is 30.3 Å². The van der Waals surface area contributed by atoms with Gasteiger partial charge in [0.2, 0.25) is 0 Å². The van der Waals surface area contributed by atoms with Crippen LogP contribution in [0.4, 0.5) is 0 Å². The molecule has 2 rings (SSSR count). The monoisotopic (exact) mass is 266 g/mol. The minimum atomic E-state index is -0.663. The Morgan fingerprint density at radius 3 is 2.95 bits per heavy atom. The number of imidazole rings is 1. The number of terminal acetylenes is 1. The number of hydrogen-bond acceptors (Lipinski definition) is 3. The maximum absolute atomic E-state index is 10.7. The average Bonchev–Trinajstić information content (AvgIpc) is 2.92. The van der Waals surface area contributed by atoms with Crippen LogP contribution in [0.25, 0.3) is 6.08 Å². The molecule has 100 valence electrons. The first-order valence-corrected chi connectivity index (χ1v) is 6.13. The molecule has 0 saturated carbocycles. The van der Waals surface area contributed by atoms with E-state index in [0.717, 1.165) is 12.2 Å². The number of carbonyl (C=O) groups is 1. The number of benzene rings is 1. The largest absolute Gasteiger partial charge is 0.452 e. The maximum Gasteiger partial charge on any atom is 0.384 e. The first-order valence-electron chi connectivity index (χ1n) is 6.13. The number of rotatable bonds is 5. The predicted octanol–water partition coefficient (Wildman–Crippen LogP) is 2.12. The second kappa shape index (κ2) is 6.95. The first-order chi connectivity index (χ1) is 9.78. The van der Waals surface area contributed by atoms with Crippen molar-refractivity contribution in [3.05, 3.63) is 60.2 Å². The molecule has 20 heavy (non-hydrogen) atoms. The second-order valence-corrected chi connectivity index (χ2v) is 4.10. The van der Waals surface area contributed by atoms with Crippen LogP contribution in [0.5, 0.6) is 0 Å². The zero-order valence-corrected chi connectivity index (χ0v) is 10.9. The van der Waals surface area contributed by atoms with Gasteiger partial charge in [0.25, 0.3) is 0 Å². The molecular weight excluding hydrogens is 252 g/mol. The van der Waals surface area contributed by atoms with Gasteiger partial charge in [-0.3, -0.25) is 0 Å². The highest BCUT2D eigenvalue weighted by atomic mass is 16.5. The highest BCUT2D eigenvalue weighted by molar-refractivity contribution is 5.87. The highest BCUT2D eigenvalue weighted by Crippen LogP contribution is 2.05. The van der Waals surface area contributed by atoms with Gasteiger partial charge in [-0.2, -0.15) is 0 Å². The van der Waals surface area contributed by atoms with Crippen LogP contribution in [-0.2, 0) is 16.1 Å². The van der Waals surface area contributed by atoms with E-state index in [1.807, 2.05) is 34.9 Å². The van der Waals surface area contributed by atoms with E-state index in [1.54, 1.807) is 18.5 Å². The van der Waals surface area contributed by atoms with Gasteiger partial charge >= 0.3 is 5.97 Å². The van der Waals surface area contributed by atoms with E-state index in [0.29, 0.717) is 0 Å². The number of hydrogen-bond donors (Lipinski definition) is 0. The molecule has 0 spiro atoms.